The summed E-state index contributed by atoms with van der Waals surface area (Å²) >= 11 is 0. The molecular formula is C13H19N3O. The molecule has 4 heteroatoms. The van der Waals surface area contributed by atoms with E-state index in [0.717, 1.165) is 11.3 Å². The van der Waals surface area contributed by atoms with Gasteiger partial charge in [0.15, 0.2) is 0 Å². The van der Waals surface area contributed by atoms with Crippen molar-refractivity contribution in [2.45, 2.75) is 12.5 Å². The average Bonchev–Trinajstić information content (AvgIpc) is 2.26. The topological polar surface area (TPSA) is 72.3 Å². The van der Waals surface area contributed by atoms with E-state index in [4.69, 9.17) is 11.5 Å². The number of hydrogen-bond donors (Lipinski definition) is 2. The second-order valence-corrected chi connectivity index (χ2v) is 4.18. The SMILES string of the molecule is CN(C)c1ccc(/C=C/C(N)CC(N)=O)cc1. The number of hydrogen-bond acceptors (Lipinski definition) is 3. The lowest BCUT2D eigenvalue weighted by Crippen LogP contribution is -2.25. The summed E-state index contributed by atoms with van der Waals surface area (Å²) in [5, 5.41) is 0. The molecule has 0 aliphatic rings. The van der Waals surface area contributed by atoms with Gasteiger partial charge in [0.25, 0.3) is 0 Å². The first-order valence-electron chi connectivity index (χ1n) is 5.48. The second-order valence-electron chi connectivity index (χ2n) is 4.18. The predicted octanol–water partition coefficient (Wildman–Crippen LogP) is 0.968. The van der Waals surface area contributed by atoms with E-state index in [0.29, 0.717) is 0 Å². The Balaban J connectivity index is 2.62. The van der Waals surface area contributed by atoms with Crippen LogP contribution in [0, 0.1) is 0 Å². The number of anilines is 1. The lowest BCUT2D eigenvalue weighted by molar-refractivity contribution is -0.118. The molecular weight excluding hydrogens is 214 g/mol. The van der Waals surface area contributed by atoms with Crippen molar-refractivity contribution < 1.29 is 4.79 Å². The Morgan fingerprint density at radius 1 is 1.35 bits per heavy atom. The van der Waals surface area contributed by atoms with E-state index in [9.17, 15) is 4.79 Å². The van der Waals surface area contributed by atoms with Gasteiger partial charge in [-0.3, -0.25) is 4.79 Å². The van der Waals surface area contributed by atoms with Crippen LogP contribution in [-0.2, 0) is 4.79 Å². The van der Waals surface area contributed by atoms with Crippen LogP contribution in [0.1, 0.15) is 12.0 Å². The van der Waals surface area contributed by atoms with E-state index in [-0.39, 0.29) is 18.4 Å². The first-order chi connectivity index (χ1) is 7.99. The Bertz CT molecular complexity index is 396. The Labute approximate surface area is 102 Å². The van der Waals surface area contributed by atoms with Crippen molar-refractivity contribution in [3.05, 3.63) is 35.9 Å². The molecule has 0 fully saturated rings. The van der Waals surface area contributed by atoms with E-state index in [2.05, 4.69) is 0 Å². The van der Waals surface area contributed by atoms with Gasteiger partial charge in [0.05, 0.1) is 0 Å². The maximum atomic E-state index is 10.6. The third-order valence-corrected chi connectivity index (χ3v) is 2.38. The predicted molar refractivity (Wildman–Crippen MR) is 71.6 cm³/mol. The Hall–Kier alpha value is -1.81. The van der Waals surface area contributed by atoms with Crippen LogP contribution in [0.5, 0.6) is 0 Å². The summed E-state index contributed by atoms with van der Waals surface area (Å²) in [6.07, 6.45) is 3.86. The highest BCUT2D eigenvalue weighted by Crippen LogP contribution is 2.13. The van der Waals surface area contributed by atoms with Gasteiger partial charge in [-0.2, -0.15) is 0 Å². The summed E-state index contributed by atoms with van der Waals surface area (Å²) in [5.74, 6) is -0.384. The van der Waals surface area contributed by atoms with Crippen molar-refractivity contribution in [2.24, 2.45) is 11.5 Å². The monoisotopic (exact) mass is 233 g/mol. The molecule has 4 N–H and O–H groups in total. The van der Waals surface area contributed by atoms with Gasteiger partial charge in [-0.15, -0.1) is 0 Å². The summed E-state index contributed by atoms with van der Waals surface area (Å²) in [6.45, 7) is 0. The van der Waals surface area contributed by atoms with Crippen molar-refractivity contribution in [1.29, 1.82) is 0 Å². The van der Waals surface area contributed by atoms with Crippen molar-refractivity contribution in [3.63, 3.8) is 0 Å². The van der Waals surface area contributed by atoms with Gasteiger partial charge in [0.1, 0.15) is 0 Å². The molecule has 17 heavy (non-hydrogen) atoms. The molecule has 0 saturated carbocycles. The second kappa shape index (κ2) is 6.06. The largest absolute Gasteiger partial charge is 0.378 e. The van der Waals surface area contributed by atoms with E-state index in [1.165, 1.54) is 0 Å². The van der Waals surface area contributed by atoms with Crippen LogP contribution in [0.15, 0.2) is 30.3 Å². The summed E-state index contributed by atoms with van der Waals surface area (Å²) < 4.78 is 0. The zero-order valence-electron chi connectivity index (χ0n) is 10.3. The summed E-state index contributed by atoms with van der Waals surface area (Å²) in [7, 11) is 3.99. The van der Waals surface area contributed by atoms with Crippen LogP contribution >= 0.6 is 0 Å². The molecule has 1 rings (SSSR count). The van der Waals surface area contributed by atoms with Gasteiger partial charge in [0, 0.05) is 32.2 Å². The van der Waals surface area contributed by atoms with Crippen LogP contribution in [0.25, 0.3) is 6.08 Å². The summed E-state index contributed by atoms with van der Waals surface area (Å²) in [6, 6.07) is 7.74. The molecule has 1 unspecified atom stereocenters. The highest BCUT2D eigenvalue weighted by Gasteiger charge is 2.01. The van der Waals surface area contributed by atoms with Crippen LogP contribution in [0.2, 0.25) is 0 Å². The van der Waals surface area contributed by atoms with E-state index >= 15 is 0 Å². The molecule has 0 bridgehead atoms. The minimum absolute atomic E-state index is 0.173. The first kappa shape index (κ1) is 13.3. The molecule has 0 saturated heterocycles. The number of nitrogens with two attached hydrogens (primary N) is 2. The quantitative estimate of drug-likeness (QED) is 0.796. The van der Waals surface area contributed by atoms with Gasteiger partial charge in [-0.25, -0.2) is 0 Å². The number of rotatable bonds is 5. The van der Waals surface area contributed by atoms with Crippen molar-refractivity contribution in [1.82, 2.24) is 0 Å². The summed E-state index contributed by atoms with van der Waals surface area (Å²) in [4.78, 5) is 12.7. The van der Waals surface area contributed by atoms with Gasteiger partial charge < -0.3 is 16.4 Å². The highest BCUT2D eigenvalue weighted by atomic mass is 16.1. The van der Waals surface area contributed by atoms with Crippen LogP contribution in [0.4, 0.5) is 5.69 Å². The smallest absolute Gasteiger partial charge is 0.219 e. The van der Waals surface area contributed by atoms with Gasteiger partial charge >= 0.3 is 0 Å². The number of carbonyl (C=O) groups excluding carboxylic acids is 1. The zero-order valence-corrected chi connectivity index (χ0v) is 10.3. The van der Waals surface area contributed by atoms with Crippen molar-refractivity contribution >= 4 is 17.7 Å². The van der Waals surface area contributed by atoms with Gasteiger partial charge in [-0.1, -0.05) is 24.3 Å². The Morgan fingerprint density at radius 3 is 2.41 bits per heavy atom. The molecule has 0 radical (unpaired) electrons. The Kier molecular flexibility index (Phi) is 4.72. The van der Waals surface area contributed by atoms with Gasteiger partial charge in [-0.05, 0) is 17.7 Å². The zero-order chi connectivity index (χ0) is 12.8. The fraction of sp³-hybridized carbons (Fsp3) is 0.308. The summed E-state index contributed by atoms with van der Waals surface area (Å²) in [5.41, 5.74) is 13.0. The fourth-order valence-electron chi connectivity index (χ4n) is 1.42. The van der Waals surface area contributed by atoms with Crippen LogP contribution in [-0.4, -0.2) is 26.0 Å². The number of benzene rings is 1. The minimum Gasteiger partial charge on any atom is -0.378 e. The molecule has 0 aliphatic heterocycles. The minimum atomic E-state index is -0.384. The molecule has 92 valence electrons. The van der Waals surface area contributed by atoms with Crippen LogP contribution in [0.3, 0.4) is 0 Å². The molecule has 0 aliphatic carbocycles. The molecule has 0 spiro atoms. The molecule has 1 atom stereocenters. The molecule has 4 nitrogen and oxygen atoms in total. The molecule has 0 aromatic heterocycles. The maximum absolute atomic E-state index is 10.6. The molecule has 0 heterocycles. The number of carbonyl (C=O) groups is 1. The average molecular weight is 233 g/mol. The van der Waals surface area contributed by atoms with E-state index in [1.54, 1.807) is 6.08 Å². The van der Waals surface area contributed by atoms with Crippen LogP contribution < -0.4 is 16.4 Å². The standard InChI is InChI=1S/C13H19N3O/c1-16(2)12-7-4-10(5-8-12)3-6-11(14)9-13(15)17/h3-8,11H,9,14H2,1-2H3,(H2,15,17)/b6-3+. The third kappa shape index (κ3) is 4.70. The van der Waals surface area contributed by atoms with Gasteiger partial charge in [0.2, 0.25) is 5.91 Å². The lowest BCUT2D eigenvalue weighted by atomic mass is 10.1. The molecule has 1 aromatic rings. The maximum Gasteiger partial charge on any atom is 0.219 e. The fourth-order valence-corrected chi connectivity index (χ4v) is 1.42. The number of nitrogens with zero attached hydrogens (tertiary/aromatic N) is 1. The van der Waals surface area contributed by atoms with Crippen molar-refractivity contribution in [2.75, 3.05) is 19.0 Å². The highest BCUT2D eigenvalue weighted by molar-refractivity contribution is 5.75. The normalized spacial score (nSPS) is 12.6. The molecule has 1 amide bonds. The third-order valence-electron chi connectivity index (χ3n) is 2.38. The first-order valence-corrected chi connectivity index (χ1v) is 5.48. The van der Waals surface area contributed by atoms with Crippen molar-refractivity contribution in [3.8, 4) is 0 Å². The van der Waals surface area contributed by atoms with E-state index < -0.39 is 0 Å². The number of primary amides is 1. The Morgan fingerprint density at radius 2 is 1.94 bits per heavy atom. The molecule has 1 aromatic carbocycles. The van der Waals surface area contributed by atoms with E-state index in [1.807, 2.05) is 49.3 Å². The lowest BCUT2D eigenvalue weighted by Gasteiger charge is -2.11. The number of amides is 1.